The van der Waals surface area contributed by atoms with Gasteiger partial charge in [0.05, 0.1) is 0 Å². The molecule has 0 saturated heterocycles. The van der Waals surface area contributed by atoms with E-state index >= 15 is 0 Å². The second-order valence-corrected chi connectivity index (χ2v) is 11.5. The highest BCUT2D eigenvalue weighted by atomic mass is 16.3. The van der Waals surface area contributed by atoms with E-state index in [2.05, 4.69) is 146 Å². The quantitative estimate of drug-likeness (QED) is 0.200. The molecule has 0 N–H and O–H groups in total. The van der Waals surface area contributed by atoms with Crippen molar-refractivity contribution in [1.29, 1.82) is 0 Å². The van der Waals surface area contributed by atoms with Crippen LogP contribution in [0.1, 0.15) is 11.1 Å². The third kappa shape index (κ3) is 3.72. The molecule has 0 aliphatic heterocycles. The first-order valence-electron chi connectivity index (χ1n) is 15.1. The molecule has 0 fully saturated rings. The molecule has 1 aliphatic rings. The Balaban J connectivity index is 1.32. The highest BCUT2D eigenvalue weighted by Crippen LogP contribution is 2.48. The van der Waals surface area contributed by atoms with Crippen molar-refractivity contribution in [3.05, 3.63) is 157 Å². The summed E-state index contributed by atoms with van der Waals surface area (Å²) in [5, 5.41) is 6.32. The first kappa shape index (κ1) is 24.2. The maximum atomic E-state index is 6.64. The Bertz CT molecular complexity index is 2260. The van der Waals surface area contributed by atoms with Crippen LogP contribution in [0.3, 0.4) is 0 Å². The monoisotopic (exact) mass is 548 g/mol. The highest BCUT2D eigenvalue weighted by Gasteiger charge is 2.26. The van der Waals surface area contributed by atoms with Crippen molar-refractivity contribution >= 4 is 32.5 Å². The molecular weight excluding hydrogens is 520 g/mol. The number of benzene rings is 7. The largest absolute Gasteiger partial charge is 0.456 e. The summed E-state index contributed by atoms with van der Waals surface area (Å²) in [5.74, 6) is 1.04. The van der Waals surface area contributed by atoms with Crippen molar-refractivity contribution < 1.29 is 4.42 Å². The molecule has 0 bridgehead atoms. The fourth-order valence-electron chi connectivity index (χ4n) is 7.29. The minimum Gasteiger partial charge on any atom is -0.456 e. The van der Waals surface area contributed by atoms with Gasteiger partial charge < -0.3 is 4.42 Å². The summed E-state index contributed by atoms with van der Waals surface area (Å²) in [6.07, 6.45) is 2.02. The van der Waals surface area contributed by atoms with E-state index in [1.807, 2.05) is 0 Å². The van der Waals surface area contributed by atoms with Gasteiger partial charge in [-0.15, -0.1) is 0 Å². The Hall–Kier alpha value is -5.40. The average molecular weight is 549 g/mol. The molecule has 1 heteroatoms. The van der Waals surface area contributed by atoms with Gasteiger partial charge in [0.25, 0.3) is 0 Å². The van der Waals surface area contributed by atoms with Gasteiger partial charge in [-0.1, -0.05) is 140 Å². The smallest absolute Gasteiger partial charge is 0.138 e. The number of hydrogen-bond acceptors (Lipinski definition) is 1. The molecule has 0 amide bonds. The second kappa shape index (κ2) is 9.58. The summed E-state index contributed by atoms with van der Waals surface area (Å²) in [6.45, 7) is 0. The first-order valence-corrected chi connectivity index (χ1v) is 15.1. The van der Waals surface area contributed by atoms with Gasteiger partial charge in [0.1, 0.15) is 11.3 Å². The molecule has 7 aromatic carbocycles. The Kier molecular flexibility index (Phi) is 5.39. The van der Waals surface area contributed by atoms with Gasteiger partial charge in [-0.25, -0.2) is 0 Å². The zero-order valence-electron chi connectivity index (χ0n) is 23.7. The summed E-state index contributed by atoms with van der Waals surface area (Å²) >= 11 is 0. The lowest BCUT2D eigenvalue weighted by Crippen LogP contribution is -2.01. The van der Waals surface area contributed by atoms with Gasteiger partial charge in [-0.3, -0.25) is 0 Å². The number of furan rings is 1. The number of hydrogen-bond donors (Lipinski definition) is 0. The van der Waals surface area contributed by atoms with Crippen molar-refractivity contribution in [2.75, 3.05) is 0 Å². The van der Waals surface area contributed by atoms with Gasteiger partial charge >= 0.3 is 0 Å². The average Bonchev–Trinajstić information content (AvgIpc) is 3.47. The molecule has 0 spiro atoms. The third-order valence-electron chi connectivity index (χ3n) is 9.20. The van der Waals surface area contributed by atoms with E-state index in [1.54, 1.807) is 0 Å². The molecule has 202 valence electrons. The van der Waals surface area contributed by atoms with E-state index in [9.17, 15) is 0 Å². The molecule has 0 atom stereocenters. The van der Waals surface area contributed by atoms with Crippen LogP contribution in [0, 0.1) is 0 Å². The second-order valence-electron chi connectivity index (χ2n) is 11.5. The number of aryl methyl sites for hydroxylation is 2. The van der Waals surface area contributed by atoms with E-state index < -0.39 is 0 Å². The molecule has 1 aromatic heterocycles. The van der Waals surface area contributed by atoms with Gasteiger partial charge in [0.15, 0.2) is 0 Å². The van der Waals surface area contributed by atoms with E-state index in [-0.39, 0.29) is 0 Å². The maximum Gasteiger partial charge on any atom is 0.138 e. The lowest BCUT2D eigenvalue weighted by atomic mass is 9.83. The van der Waals surface area contributed by atoms with Crippen molar-refractivity contribution in [2.24, 2.45) is 0 Å². The van der Waals surface area contributed by atoms with E-state index in [1.165, 1.54) is 77.0 Å². The molecule has 8 aromatic rings. The number of rotatable bonds is 3. The first-order chi connectivity index (χ1) is 21.3. The summed E-state index contributed by atoms with van der Waals surface area (Å²) in [7, 11) is 0. The molecule has 0 unspecified atom stereocenters. The molecule has 1 aliphatic carbocycles. The molecule has 0 radical (unpaired) electrons. The summed E-state index contributed by atoms with van der Waals surface area (Å²) in [5.41, 5.74) is 12.4. The van der Waals surface area contributed by atoms with E-state index in [4.69, 9.17) is 4.42 Å². The summed E-state index contributed by atoms with van der Waals surface area (Å²) < 4.78 is 6.64. The number of fused-ring (bicyclic) bond motifs is 7. The van der Waals surface area contributed by atoms with Gasteiger partial charge in [0.2, 0.25) is 0 Å². The van der Waals surface area contributed by atoms with Crippen LogP contribution in [-0.2, 0) is 12.8 Å². The molecule has 1 nitrogen and oxygen atoms in total. The van der Waals surface area contributed by atoms with Gasteiger partial charge in [-0.2, -0.15) is 0 Å². The minimum absolute atomic E-state index is 0.966. The molecule has 1 heterocycles. The van der Waals surface area contributed by atoms with Crippen LogP contribution in [0.15, 0.2) is 150 Å². The third-order valence-corrected chi connectivity index (χ3v) is 9.20. The lowest BCUT2D eigenvalue weighted by Gasteiger charge is -2.19. The summed E-state index contributed by atoms with van der Waals surface area (Å²) in [4.78, 5) is 0. The minimum atomic E-state index is 0.966. The van der Waals surface area contributed by atoms with Crippen LogP contribution in [0.2, 0.25) is 0 Å². The zero-order valence-corrected chi connectivity index (χ0v) is 23.7. The maximum absolute atomic E-state index is 6.64. The molecular formula is C42H28O. The summed E-state index contributed by atoms with van der Waals surface area (Å²) in [6, 6.07) is 52.7. The van der Waals surface area contributed by atoms with Gasteiger partial charge in [0, 0.05) is 16.5 Å². The van der Waals surface area contributed by atoms with Crippen LogP contribution in [0.4, 0.5) is 0 Å². The van der Waals surface area contributed by atoms with E-state index in [0.29, 0.717) is 0 Å². The van der Waals surface area contributed by atoms with Crippen molar-refractivity contribution in [2.45, 2.75) is 12.8 Å². The fraction of sp³-hybridized carbons (Fsp3) is 0.0476. The van der Waals surface area contributed by atoms with Crippen LogP contribution >= 0.6 is 0 Å². The van der Waals surface area contributed by atoms with Crippen molar-refractivity contribution in [3.63, 3.8) is 0 Å². The van der Waals surface area contributed by atoms with Gasteiger partial charge in [-0.05, 0) is 79.4 Å². The Morgan fingerprint density at radius 2 is 0.953 bits per heavy atom. The molecule has 0 saturated carbocycles. The topological polar surface area (TPSA) is 13.1 Å². The Morgan fingerprint density at radius 1 is 0.395 bits per heavy atom. The highest BCUT2D eigenvalue weighted by molar-refractivity contribution is 6.23. The normalized spacial score (nSPS) is 12.5. The SMILES string of the molecule is c1ccc(-c2ccc(-c3c4ccccc4c(-c4cccc5oc6c(c45)CCc4ccccc4-6)c4ccccc34)cc2)cc1. The van der Waals surface area contributed by atoms with Crippen molar-refractivity contribution in [3.8, 4) is 44.7 Å². The fourth-order valence-corrected chi connectivity index (χ4v) is 7.29. The lowest BCUT2D eigenvalue weighted by molar-refractivity contribution is 0.621. The predicted octanol–water partition coefficient (Wildman–Crippen LogP) is 11.5. The van der Waals surface area contributed by atoms with Crippen LogP contribution < -0.4 is 0 Å². The Labute approximate surface area is 250 Å². The standard InChI is InChI=1S/C42H28O/c1-2-11-27(12-3-1)28-21-23-30(24-22-28)39-32-15-6-8-17-34(32)40(35-18-9-7-16-33(35)39)36-19-10-20-38-41(36)37-26-25-29-13-4-5-14-31(29)42(37)43-38/h1-24H,25-26H2. The van der Waals surface area contributed by atoms with E-state index in [0.717, 1.165) is 24.2 Å². The van der Waals surface area contributed by atoms with Crippen LogP contribution in [0.5, 0.6) is 0 Å². The zero-order chi connectivity index (χ0) is 28.3. The molecule has 9 rings (SSSR count). The van der Waals surface area contributed by atoms with Crippen molar-refractivity contribution in [1.82, 2.24) is 0 Å². The molecule has 43 heavy (non-hydrogen) atoms. The van der Waals surface area contributed by atoms with Crippen LogP contribution in [-0.4, -0.2) is 0 Å². The predicted molar refractivity (Wildman–Crippen MR) is 180 cm³/mol. The Morgan fingerprint density at radius 3 is 1.67 bits per heavy atom. The van der Waals surface area contributed by atoms with Crippen LogP contribution in [0.25, 0.3) is 77.2 Å².